The van der Waals surface area contributed by atoms with E-state index in [1.165, 1.54) is 0 Å². The molecule has 1 fully saturated rings. The number of morpholine rings is 1. The van der Waals surface area contributed by atoms with Crippen molar-refractivity contribution in [3.05, 3.63) is 10.7 Å². The fourth-order valence-electron chi connectivity index (χ4n) is 1.54. The molecule has 1 aliphatic heterocycles. The predicted octanol–water partition coefficient (Wildman–Crippen LogP) is 1.22. The van der Waals surface area contributed by atoms with Gasteiger partial charge in [-0.05, 0) is 6.92 Å². The van der Waals surface area contributed by atoms with Gasteiger partial charge in [0, 0.05) is 20.1 Å². The van der Waals surface area contributed by atoms with Crippen LogP contribution in [-0.2, 0) is 11.8 Å². The van der Waals surface area contributed by atoms with Crippen LogP contribution in [0.3, 0.4) is 0 Å². The van der Waals surface area contributed by atoms with Gasteiger partial charge in [-0.3, -0.25) is 4.68 Å². The first-order valence-corrected chi connectivity index (χ1v) is 5.09. The van der Waals surface area contributed by atoms with E-state index in [0.717, 1.165) is 42.8 Å². The van der Waals surface area contributed by atoms with E-state index in [4.69, 9.17) is 16.3 Å². The molecule has 0 amide bonds. The second kappa shape index (κ2) is 3.79. The van der Waals surface area contributed by atoms with Gasteiger partial charge in [0.15, 0.2) is 5.82 Å². The highest BCUT2D eigenvalue weighted by Gasteiger charge is 2.19. The molecule has 0 bridgehead atoms. The summed E-state index contributed by atoms with van der Waals surface area (Å²) in [7, 11) is 1.91. The van der Waals surface area contributed by atoms with E-state index in [1.54, 1.807) is 0 Å². The summed E-state index contributed by atoms with van der Waals surface area (Å²) in [6, 6.07) is 0. The molecule has 78 valence electrons. The summed E-state index contributed by atoms with van der Waals surface area (Å²) >= 11 is 6.18. The Morgan fingerprint density at radius 1 is 1.36 bits per heavy atom. The van der Waals surface area contributed by atoms with Gasteiger partial charge in [-0.1, -0.05) is 11.6 Å². The topological polar surface area (TPSA) is 30.3 Å². The lowest BCUT2D eigenvalue weighted by Gasteiger charge is -2.26. The van der Waals surface area contributed by atoms with Gasteiger partial charge in [-0.15, -0.1) is 0 Å². The molecular weight excluding hydrogens is 202 g/mol. The maximum Gasteiger partial charge on any atom is 0.169 e. The molecule has 2 rings (SSSR count). The van der Waals surface area contributed by atoms with Crippen LogP contribution in [0.5, 0.6) is 0 Å². The molecule has 0 atom stereocenters. The van der Waals surface area contributed by atoms with Gasteiger partial charge in [-0.2, -0.15) is 5.10 Å². The number of ether oxygens (including phenoxy) is 1. The van der Waals surface area contributed by atoms with E-state index in [9.17, 15) is 0 Å². The second-order valence-corrected chi connectivity index (χ2v) is 3.82. The van der Waals surface area contributed by atoms with Gasteiger partial charge >= 0.3 is 0 Å². The highest BCUT2D eigenvalue weighted by molar-refractivity contribution is 6.33. The van der Waals surface area contributed by atoms with Crippen LogP contribution in [0, 0.1) is 6.92 Å². The fraction of sp³-hybridized carbons (Fsp3) is 0.667. The number of nitrogens with zero attached hydrogens (tertiary/aromatic N) is 3. The molecule has 1 saturated heterocycles. The average Bonchev–Trinajstić information content (AvgIpc) is 2.47. The normalized spacial score (nSPS) is 17.5. The first-order valence-electron chi connectivity index (χ1n) is 4.72. The fourth-order valence-corrected chi connectivity index (χ4v) is 1.82. The van der Waals surface area contributed by atoms with Crippen LogP contribution in [0.15, 0.2) is 0 Å². The van der Waals surface area contributed by atoms with Crippen LogP contribution in [0.4, 0.5) is 5.82 Å². The smallest absolute Gasteiger partial charge is 0.169 e. The first kappa shape index (κ1) is 9.80. The summed E-state index contributed by atoms with van der Waals surface area (Å²) in [6.45, 7) is 5.23. The minimum atomic E-state index is 0.756. The molecule has 0 aliphatic carbocycles. The van der Waals surface area contributed by atoms with E-state index in [2.05, 4.69) is 10.00 Å². The van der Waals surface area contributed by atoms with Crippen molar-refractivity contribution in [2.45, 2.75) is 6.92 Å². The van der Waals surface area contributed by atoms with Crippen molar-refractivity contribution in [1.82, 2.24) is 9.78 Å². The van der Waals surface area contributed by atoms with Crippen LogP contribution in [-0.4, -0.2) is 36.1 Å². The van der Waals surface area contributed by atoms with E-state index >= 15 is 0 Å². The molecule has 0 unspecified atom stereocenters. The summed E-state index contributed by atoms with van der Waals surface area (Å²) < 4.78 is 7.09. The van der Waals surface area contributed by atoms with Gasteiger partial charge in [0.2, 0.25) is 0 Å². The Labute approximate surface area is 88.4 Å². The van der Waals surface area contributed by atoms with Crippen LogP contribution in [0.1, 0.15) is 5.69 Å². The third-order valence-corrected chi connectivity index (χ3v) is 3.00. The maximum absolute atomic E-state index is 6.18. The third-order valence-electron chi connectivity index (χ3n) is 2.55. The van der Waals surface area contributed by atoms with Crippen molar-refractivity contribution in [1.29, 1.82) is 0 Å². The SMILES string of the molecule is Cc1c(Cl)c(N2CCOCC2)nn1C. The van der Waals surface area contributed by atoms with Crippen LogP contribution in [0.2, 0.25) is 5.02 Å². The zero-order valence-electron chi connectivity index (χ0n) is 8.46. The van der Waals surface area contributed by atoms with Gasteiger partial charge in [-0.25, -0.2) is 0 Å². The Bertz CT molecular complexity index is 331. The molecule has 0 saturated carbocycles. The van der Waals surface area contributed by atoms with Crippen molar-refractivity contribution in [3.8, 4) is 0 Å². The second-order valence-electron chi connectivity index (χ2n) is 3.45. The zero-order valence-corrected chi connectivity index (χ0v) is 9.21. The van der Waals surface area contributed by atoms with E-state index < -0.39 is 0 Å². The monoisotopic (exact) mass is 215 g/mol. The lowest BCUT2D eigenvalue weighted by Crippen LogP contribution is -2.36. The van der Waals surface area contributed by atoms with E-state index in [1.807, 2.05) is 18.7 Å². The van der Waals surface area contributed by atoms with Crippen molar-refractivity contribution in [2.75, 3.05) is 31.2 Å². The first-order chi connectivity index (χ1) is 6.70. The number of hydrogen-bond acceptors (Lipinski definition) is 3. The maximum atomic E-state index is 6.18. The number of aromatic nitrogens is 2. The van der Waals surface area contributed by atoms with Crippen molar-refractivity contribution < 1.29 is 4.74 Å². The third kappa shape index (κ3) is 1.60. The Morgan fingerprint density at radius 3 is 2.50 bits per heavy atom. The van der Waals surface area contributed by atoms with Gasteiger partial charge in [0.1, 0.15) is 5.02 Å². The minimum Gasteiger partial charge on any atom is -0.378 e. The number of aryl methyl sites for hydroxylation is 1. The standard InChI is InChI=1S/C9H14ClN3O/c1-7-8(10)9(11-12(7)2)13-3-5-14-6-4-13/h3-6H2,1-2H3. The minimum absolute atomic E-state index is 0.756. The molecule has 4 nitrogen and oxygen atoms in total. The summed E-state index contributed by atoms with van der Waals surface area (Å²) in [5.74, 6) is 0.884. The van der Waals surface area contributed by atoms with Crippen LogP contribution in [0.25, 0.3) is 0 Å². The average molecular weight is 216 g/mol. The number of anilines is 1. The molecule has 0 N–H and O–H groups in total. The van der Waals surface area contributed by atoms with Crippen molar-refractivity contribution >= 4 is 17.4 Å². The summed E-state index contributed by atoms with van der Waals surface area (Å²) in [5, 5.41) is 5.15. The molecule has 14 heavy (non-hydrogen) atoms. The van der Waals surface area contributed by atoms with E-state index in [0.29, 0.717) is 0 Å². The highest BCUT2D eigenvalue weighted by atomic mass is 35.5. The lowest BCUT2D eigenvalue weighted by molar-refractivity contribution is 0.122. The molecule has 5 heteroatoms. The largest absolute Gasteiger partial charge is 0.378 e. The van der Waals surface area contributed by atoms with E-state index in [-0.39, 0.29) is 0 Å². The Kier molecular flexibility index (Phi) is 2.65. The number of hydrogen-bond donors (Lipinski definition) is 0. The lowest BCUT2D eigenvalue weighted by atomic mass is 10.4. The Morgan fingerprint density at radius 2 is 2.00 bits per heavy atom. The number of halogens is 1. The molecule has 2 heterocycles. The molecule has 1 aromatic heterocycles. The van der Waals surface area contributed by atoms with Crippen molar-refractivity contribution in [3.63, 3.8) is 0 Å². The molecule has 0 radical (unpaired) electrons. The molecule has 0 aromatic carbocycles. The Balaban J connectivity index is 2.26. The molecular formula is C9H14ClN3O. The molecule has 1 aromatic rings. The van der Waals surface area contributed by atoms with Gasteiger partial charge in [0.25, 0.3) is 0 Å². The summed E-state index contributed by atoms with van der Waals surface area (Å²) in [5.41, 5.74) is 1.01. The summed E-state index contributed by atoms with van der Waals surface area (Å²) in [4.78, 5) is 2.17. The van der Waals surface area contributed by atoms with Crippen LogP contribution < -0.4 is 4.90 Å². The van der Waals surface area contributed by atoms with Crippen LogP contribution >= 0.6 is 11.6 Å². The quantitative estimate of drug-likeness (QED) is 0.706. The molecule has 0 spiro atoms. The molecule has 1 aliphatic rings. The van der Waals surface area contributed by atoms with Gasteiger partial charge in [0.05, 0.1) is 18.9 Å². The Hall–Kier alpha value is -0.740. The number of rotatable bonds is 1. The van der Waals surface area contributed by atoms with Crippen molar-refractivity contribution in [2.24, 2.45) is 7.05 Å². The highest BCUT2D eigenvalue weighted by Crippen LogP contribution is 2.27. The predicted molar refractivity (Wildman–Crippen MR) is 56.0 cm³/mol. The van der Waals surface area contributed by atoms with Gasteiger partial charge < -0.3 is 9.64 Å². The summed E-state index contributed by atoms with van der Waals surface area (Å²) in [6.07, 6.45) is 0. The zero-order chi connectivity index (χ0) is 10.1.